The lowest BCUT2D eigenvalue weighted by atomic mass is 10.1. The molecule has 1 aromatic heterocycles. The fourth-order valence-corrected chi connectivity index (χ4v) is 2.88. The van der Waals surface area contributed by atoms with E-state index in [2.05, 4.69) is 5.10 Å². The van der Waals surface area contributed by atoms with Crippen LogP contribution in [0.25, 0.3) is 6.08 Å². The molecular formula is C17H19ClN2OS. The lowest BCUT2D eigenvalue weighted by Crippen LogP contribution is -2.36. The van der Waals surface area contributed by atoms with Gasteiger partial charge >= 0.3 is 0 Å². The molecule has 1 heterocycles. The van der Waals surface area contributed by atoms with Crippen molar-refractivity contribution in [1.82, 2.24) is 9.78 Å². The van der Waals surface area contributed by atoms with Crippen LogP contribution in [-0.4, -0.2) is 15.5 Å². The van der Waals surface area contributed by atoms with Crippen LogP contribution in [0.2, 0.25) is 5.02 Å². The lowest BCUT2D eigenvalue weighted by Gasteiger charge is -2.20. The Morgan fingerprint density at radius 2 is 1.95 bits per heavy atom. The summed E-state index contributed by atoms with van der Waals surface area (Å²) in [6.45, 7) is 5.77. The van der Waals surface area contributed by atoms with Gasteiger partial charge in [0.2, 0.25) is 0 Å². The van der Waals surface area contributed by atoms with E-state index in [0.717, 1.165) is 11.3 Å². The van der Waals surface area contributed by atoms with Crippen LogP contribution in [0, 0.1) is 0 Å². The average molecular weight is 335 g/mol. The molecule has 2 rings (SSSR count). The molecule has 116 valence electrons. The fourth-order valence-electron chi connectivity index (χ4n) is 1.88. The Hall–Kier alpha value is -1.52. The van der Waals surface area contributed by atoms with Crippen molar-refractivity contribution in [3.05, 3.63) is 63.5 Å². The summed E-state index contributed by atoms with van der Waals surface area (Å²) in [6.07, 6.45) is 5.76. The van der Waals surface area contributed by atoms with Crippen LogP contribution in [0.3, 0.4) is 0 Å². The van der Waals surface area contributed by atoms with E-state index < -0.39 is 0 Å². The molecule has 5 heteroatoms. The molecule has 22 heavy (non-hydrogen) atoms. The van der Waals surface area contributed by atoms with Crippen molar-refractivity contribution in [2.75, 3.05) is 5.75 Å². The van der Waals surface area contributed by atoms with E-state index in [1.54, 1.807) is 6.20 Å². The zero-order valence-electron chi connectivity index (χ0n) is 12.9. The molecule has 0 saturated heterocycles. The normalized spacial score (nSPS) is 12.0. The summed E-state index contributed by atoms with van der Waals surface area (Å²) in [6, 6.07) is 10.1. The fraction of sp³-hybridized carbons (Fsp3) is 0.294. The van der Waals surface area contributed by atoms with Crippen LogP contribution < -0.4 is 5.56 Å². The van der Waals surface area contributed by atoms with Gasteiger partial charge in [-0.3, -0.25) is 4.79 Å². The van der Waals surface area contributed by atoms with Crippen molar-refractivity contribution in [1.29, 1.82) is 0 Å². The zero-order valence-corrected chi connectivity index (χ0v) is 14.5. The minimum absolute atomic E-state index is 0.239. The van der Waals surface area contributed by atoms with E-state index in [0.29, 0.717) is 4.90 Å². The summed E-state index contributed by atoms with van der Waals surface area (Å²) in [5.74, 6) is 0.731. The molecule has 0 unspecified atom stereocenters. The molecule has 0 atom stereocenters. The molecule has 0 saturated carbocycles. The van der Waals surface area contributed by atoms with Gasteiger partial charge in [0.05, 0.1) is 16.6 Å². The molecule has 1 aromatic carbocycles. The predicted molar refractivity (Wildman–Crippen MR) is 94.7 cm³/mol. The first-order valence-corrected chi connectivity index (χ1v) is 8.38. The van der Waals surface area contributed by atoms with E-state index in [4.69, 9.17) is 11.6 Å². The third kappa shape index (κ3) is 4.24. The Bertz CT molecular complexity index is 718. The average Bonchev–Trinajstić information content (AvgIpc) is 2.47. The van der Waals surface area contributed by atoms with Crippen molar-refractivity contribution in [2.24, 2.45) is 0 Å². The summed E-state index contributed by atoms with van der Waals surface area (Å²) < 4.78 is 1.42. The molecule has 0 fully saturated rings. The molecule has 0 amide bonds. The van der Waals surface area contributed by atoms with Gasteiger partial charge in [-0.05, 0) is 26.3 Å². The van der Waals surface area contributed by atoms with Crippen LogP contribution in [0.5, 0.6) is 0 Å². The number of rotatable bonds is 4. The molecule has 3 nitrogen and oxygen atoms in total. The van der Waals surface area contributed by atoms with Crippen LogP contribution in [-0.2, 0) is 5.54 Å². The lowest BCUT2D eigenvalue weighted by molar-refractivity contribution is 0.336. The molecule has 0 aliphatic rings. The first-order chi connectivity index (χ1) is 10.4. The van der Waals surface area contributed by atoms with Crippen LogP contribution in [0.4, 0.5) is 0 Å². The van der Waals surface area contributed by atoms with Crippen molar-refractivity contribution in [3.63, 3.8) is 0 Å². The Balaban J connectivity index is 2.07. The highest BCUT2D eigenvalue weighted by Crippen LogP contribution is 2.24. The Kier molecular flexibility index (Phi) is 5.48. The van der Waals surface area contributed by atoms with E-state index in [-0.39, 0.29) is 16.1 Å². The summed E-state index contributed by atoms with van der Waals surface area (Å²) in [4.78, 5) is 12.9. The monoisotopic (exact) mass is 334 g/mol. The van der Waals surface area contributed by atoms with E-state index in [1.807, 2.05) is 63.3 Å². The number of hydrogen-bond donors (Lipinski definition) is 0. The minimum atomic E-state index is -0.378. The first kappa shape index (κ1) is 16.8. The van der Waals surface area contributed by atoms with Crippen LogP contribution >= 0.6 is 23.4 Å². The van der Waals surface area contributed by atoms with Crippen molar-refractivity contribution in [3.8, 4) is 0 Å². The highest BCUT2D eigenvalue weighted by Gasteiger charge is 2.19. The Morgan fingerprint density at radius 1 is 1.27 bits per heavy atom. The molecule has 0 aliphatic heterocycles. The quantitative estimate of drug-likeness (QED) is 0.774. The Labute approximate surface area is 140 Å². The first-order valence-electron chi connectivity index (χ1n) is 7.02. The second-order valence-corrected chi connectivity index (χ2v) is 7.27. The van der Waals surface area contributed by atoms with Gasteiger partial charge in [-0.25, -0.2) is 4.68 Å². The highest BCUT2D eigenvalue weighted by atomic mass is 35.5. The number of nitrogens with zero attached hydrogens (tertiary/aromatic N) is 2. The van der Waals surface area contributed by atoms with Crippen LogP contribution in [0.1, 0.15) is 26.3 Å². The number of benzene rings is 1. The van der Waals surface area contributed by atoms with Gasteiger partial charge < -0.3 is 0 Å². The summed E-state index contributed by atoms with van der Waals surface area (Å²) in [5.41, 5.74) is 0.526. The Morgan fingerprint density at radius 3 is 2.59 bits per heavy atom. The molecule has 0 aliphatic carbocycles. The topological polar surface area (TPSA) is 34.9 Å². The van der Waals surface area contributed by atoms with E-state index in [9.17, 15) is 4.79 Å². The maximum Gasteiger partial charge on any atom is 0.287 e. The van der Waals surface area contributed by atoms with E-state index >= 15 is 0 Å². The van der Waals surface area contributed by atoms with Gasteiger partial charge in [-0.15, -0.1) is 11.8 Å². The largest absolute Gasteiger partial charge is 0.287 e. The van der Waals surface area contributed by atoms with Gasteiger partial charge in [-0.1, -0.05) is 54.1 Å². The number of aromatic nitrogens is 2. The molecule has 0 radical (unpaired) electrons. The second-order valence-electron chi connectivity index (χ2n) is 5.83. The summed E-state index contributed by atoms with van der Waals surface area (Å²) >= 11 is 7.69. The summed E-state index contributed by atoms with van der Waals surface area (Å²) in [5, 5.41) is 4.46. The molecule has 2 aromatic rings. The van der Waals surface area contributed by atoms with Gasteiger partial charge in [-0.2, -0.15) is 5.10 Å². The SMILES string of the molecule is CC(C)(C)n1ncc(SC/C=C/c2ccccc2)c(Cl)c1=O. The van der Waals surface area contributed by atoms with Gasteiger partial charge in [0.15, 0.2) is 0 Å². The smallest absolute Gasteiger partial charge is 0.266 e. The maximum atomic E-state index is 12.2. The second kappa shape index (κ2) is 7.16. The third-order valence-corrected chi connectivity index (χ3v) is 4.42. The number of halogens is 1. The molecule has 0 spiro atoms. The molecule has 0 bridgehead atoms. The van der Waals surface area contributed by atoms with Gasteiger partial charge in [0.25, 0.3) is 5.56 Å². The third-order valence-electron chi connectivity index (χ3n) is 2.97. The molecular weight excluding hydrogens is 316 g/mol. The number of thioether (sulfide) groups is 1. The maximum absolute atomic E-state index is 12.2. The van der Waals surface area contributed by atoms with E-state index in [1.165, 1.54) is 16.4 Å². The number of hydrogen-bond acceptors (Lipinski definition) is 3. The van der Waals surface area contributed by atoms with Gasteiger partial charge in [0.1, 0.15) is 5.02 Å². The predicted octanol–water partition coefficient (Wildman–Crippen LogP) is 4.46. The molecule has 0 N–H and O–H groups in total. The summed E-state index contributed by atoms with van der Waals surface area (Å²) in [7, 11) is 0. The minimum Gasteiger partial charge on any atom is -0.266 e. The van der Waals surface area contributed by atoms with Crippen molar-refractivity contribution in [2.45, 2.75) is 31.2 Å². The van der Waals surface area contributed by atoms with Crippen LogP contribution in [0.15, 0.2) is 52.3 Å². The highest BCUT2D eigenvalue weighted by molar-refractivity contribution is 7.99. The van der Waals surface area contributed by atoms with Crippen molar-refractivity contribution < 1.29 is 0 Å². The standard InChI is InChI=1S/C17H19ClN2OS/c1-17(2,3)20-16(21)15(18)14(12-19-20)22-11-7-10-13-8-5-4-6-9-13/h4-10,12H,11H2,1-3H3/b10-7+. The zero-order chi connectivity index (χ0) is 16.2. The van der Waals surface area contributed by atoms with Gasteiger partial charge in [0, 0.05) is 5.75 Å². The van der Waals surface area contributed by atoms with Crippen molar-refractivity contribution >= 4 is 29.4 Å².